The lowest BCUT2D eigenvalue weighted by Crippen LogP contribution is -2.01. The molecule has 0 unspecified atom stereocenters. The number of pyridine rings is 1. The van der Waals surface area contributed by atoms with Crippen LogP contribution in [0.5, 0.6) is 11.6 Å². The molecule has 0 aliphatic heterocycles. The van der Waals surface area contributed by atoms with Crippen molar-refractivity contribution in [3.8, 4) is 11.6 Å². The lowest BCUT2D eigenvalue weighted by atomic mass is 10.2. The summed E-state index contributed by atoms with van der Waals surface area (Å²) < 4.78 is 5.47. The number of rotatable bonds is 4. The predicted molar refractivity (Wildman–Crippen MR) is 72.1 cm³/mol. The fourth-order valence-corrected chi connectivity index (χ4v) is 1.79. The summed E-state index contributed by atoms with van der Waals surface area (Å²) in [4.78, 5) is 26.0. The Morgan fingerprint density at radius 2 is 2.05 bits per heavy atom. The first-order valence-corrected chi connectivity index (χ1v) is 5.88. The Hall–Kier alpha value is -2.76. The average Bonchev–Trinajstić information content (AvgIpc) is 2.38. The van der Waals surface area contributed by atoms with E-state index in [2.05, 4.69) is 4.98 Å². The van der Waals surface area contributed by atoms with E-state index in [9.17, 15) is 14.9 Å². The van der Waals surface area contributed by atoms with Crippen LogP contribution in [0.4, 0.5) is 5.69 Å². The number of aryl methyl sites for hydroxylation is 1. The van der Waals surface area contributed by atoms with Crippen LogP contribution in [-0.4, -0.2) is 15.7 Å². The number of carbonyl (C=O) groups excluding carboxylic acids is 1. The highest BCUT2D eigenvalue weighted by Crippen LogP contribution is 2.34. The normalized spacial score (nSPS) is 10.1. The number of nitrogens with zero attached hydrogens (tertiary/aromatic N) is 2. The van der Waals surface area contributed by atoms with Crippen LogP contribution < -0.4 is 4.74 Å². The highest BCUT2D eigenvalue weighted by molar-refractivity contribution is 5.96. The number of aromatic nitrogens is 1. The van der Waals surface area contributed by atoms with Gasteiger partial charge >= 0.3 is 5.69 Å². The second kappa shape index (κ2) is 5.48. The molecule has 0 aliphatic rings. The summed E-state index contributed by atoms with van der Waals surface area (Å²) in [5, 5.41) is 11.1. The molecule has 0 saturated heterocycles. The molecule has 0 bridgehead atoms. The Morgan fingerprint density at radius 3 is 2.70 bits per heavy atom. The minimum atomic E-state index is -0.513. The van der Waals surface area contributed by atoms with Gasteiger partial charge in [0, 0.05) is 11.8 Å². The van der Waals surface area contributed by atoms with Gasteiger partial charge in [-0.2, -0.15) is 0 Å². The Morgan fingerprint density at radius 1 is 1.30 bits per heavy atom. The number of nitro groups is 1. The third-order valence-corrected chi connectivity index (χ3v) is 2.74. The first-order chi connectivity index (χ1) is 9.50. The summed E-state index contributed by atoms with van der Waals surface area (Å²) in [6, 6.07) is 7.91. The molecule has 0 amide bonds. The number of ketones is 1. The minimum Gasteiger partial charge on any atom is -0.431 e. The van der Waals surface area contributed by atoms with Gasteiger partial charge in [-0.05, 0) is 32.0 Å². The minimum absolute atomic E-state index is 0.0636. The molecule has 102 valence electrons. The monoisotopic (exact) mass is 272 g/mol. The first-order valence-electron chi connectivity index (χ1n) is 5.88. The lowest BCUT2D eigenvalue weighted by molar-refractivity contribution is -0.386. The second-order valence-electron chi connectivity index (χ2n) is 4.19. The SMILES string of the molecule is CC(=O)c1cccnc1Oc1cccc(C)c1[N+](=O)[O-]. The fourth-order valence-electron chi connectivity index (χ4n) is 1.79. The van der Waals surface area contributed by atoms with E-state index >= 15 is 0 Å². The van der Waals surface area contributed by atoms with Crippen molar-refractivity contribution in [2.24, 2.45) is 0 Å². The summed E-state index contributed by atoms with van der Waals surface area (Å²) in [5.74, 6) is -0.0895. The molecule has 0 fully saturated rings. The van der Waals surface area contributed by atoms with Crippen molar-refractivity contribution in [2.45, 2.75) is 13.8 Å². The van der Waals surface area contributed by atoms with Crippen molar-refractivity contribution in [2.75, 3.05) is 0 Å². The van der Waals surface area contributed by atoms with E-state index in [1.807, 2.05) is 0 Å². The molecule has 1 aromatic carbocycles. The molecule has 20 heavy (non-hydrogen) atoms. The van der Waals surface area contributed by atoms with Crippen LogP contribution in [0, 0.1) is 17.0 Å². The van der Waals surface area contributed by atoms with Crippen LogP contribution in [0.3, 0.4) is 0 Å². The van der Waals surface area contributed by atoms with Gasteiger partial charge < -0.3 is 4.74 Å². The van der Waals surface area contributed by atoms with E-state index in [1.165, 1.54) is 19.2 Å². The third kappa shape index (κ3) is 2.64. The van der Waals surface area contributed by atoms with Crippen molar-refractivity contribution in [3.63, 3.8) is 0 Å². The Labute approximate surface area is 115 Å². The topological polar surface area (TPSA) is 82.3 Å². The highest BCUT2D eigenvalue weighted by Gasteiger charge is 2.20. The Bertz CT molecular complexity index is 683. The van der Waals surface area contributed by atoms with Crippen molar-refractivity contribution >= 4 is 11.5 Å². The largest absolute Gasteiger partial charge is 0.431 e. The second-order valence-corrected chi connectivity index (χ2v) is 4.19. The van der Waals surface area contributed by atoms with Crippen LogP contribution in [0.25, 0.3) is 0 Å². The number of benzene rings is 1. The molecule has 2 aromatic rings. The summed E-state index contributed by atoms with van der Waals surface area (Å²) in [6.45, 7) is 3.00. The van der Waals surface area contributed by atoms with Gasteiger partial charge in [0.15, 0.2) is 5.78 Å². The zero-order valence-electron chi connectivity index (χ0n) is 11.0. The number of ether oxygens (including phenoxy) is 1. The molecule has 0 spiro atoms. The molecule has 0 atom stereocenters. The maximum atomic E-state index is 11.5. The number of carbonyl (C=O) groups is 1. The fraction of sp³-hybridized carbons (Fsp3) is 0.143. The van der Waals surface area contributed by atoms with Gasteiger partial charge in [-0.3, -0.25) is 14.9 Å². The lowest BCUT2D eigenvalue weighted by Gasteiger charge is -2.09. The first kappa shape index (κ1) is 13.7. The summed E-state index contributed by atoms with van der Waals surface area (Å²) in [7, 11) is 0. The number of hydrogen-bond acceptors (Lipinski definition) is 5. The van der Waals surface area contributed by atoms with Crippen LogP contribution in [-0.2, 0) is 0 Å². The zero-order valence-corrected chi connectivity index (χ0v) is 11.0. The summed E-state index contributed by atoms with van der Waals surface area (Å²) in [6.07, 6.45) is 1.46. The van der Waals surface area contributed by atoms with Gasteiger partial charge in [0.2, 0.25) is 11.6 Å². The van der Waals surface area contributed by atoms with Crippen LogP contribution in [0.15, 0.2) is 36.5 Å². The predicted octanol–water partition coefficient (Wildman–Crippen LogP) is 3.29. The molecule has 1 heterocycles. The molecule has 1 aromatic heterocycles. The molecule has 2 rings (SSSR count). The zero-order chi connectivity index (χ0) is 14.7. The Balaban J connectivity index is 2.49. The standard InChI is InChI=1S/C14H12N2O4/c1-9-5-3-7-12(13(9)16(18)19)20-14-11(10(2)17)6-4-8-15-14/h3-8H,1-2H3. The van der Waals surface area contributed by atoms with E-state index in [0.717, 1.165) is 0 Å². The van der Waals surface area contributed by atoms with Crippen molar-refractivity contribution in [3.05, 3.63) is 57.8 Å². The van der Waals surface area contributed by atoms with E-state index in [4.69, 9.17) is 4.74 Å². The maximum Gasteiger partial charge on any atom is 0.314 e. The van der Waals surface area contributed by atoms with Gasteiger partial charge in [-0.1, -0.05) is 12.1 Å². The molecule has 6 nitrogen and oxygen atoms in total. The third-order valence-electron chi connectivity index (χ3n) is 2.74. The average molecular weight is 272 g/mol. The van der Waals surface area contributed by atoms with E-state index in [-0.39, 0.29) is 28.7 Å². The molecule has 0 radical (unpaired) electrons. The number of para-hydroxylation sites is 1. The van der Waals surface area contributed by atoms with Crippen LogP contribution in [0.2, 0.25) is 0 Å². The van der Waals surface area contributed by atoms with Gasteiger partial charge in [-0.15, -0.1) is 0 Å². The number of hydrogen-bond donors (Lipinski definition) is 0. The molecule has 0 N–H and O–H groups in total. The van der Waals surface area contributed by atoms with E-state index in [0.29, 0.717) is 5.56 Å². The summed E-state index contributed by atoms with van der Waals surface area (Å²) >= 11 is 0. The van der Waals surface area contributed by atoms with Crippen LogP contribution in [0.1, 0.15) is 22.8 Å². The molecule has 0 saturated carbocycles. The molecular formula is C14H12N2O4. The van der Waals surface area contributed by atoms with Crippen molar-refractivity contribution in [1.82, 2.24) is 4.98 Å². The van der Waals surface area contributed by atoms with Crippen molar-refractivity contribution < 1.29 is 14.5 Å². The van der Waals surface area contributed by atoms with E-state index in [1.54, 1.807) is 31.2 Å². The van der Waals surface area contributed by atoms with Crippen LogP contribution >= 0.6 is 0 Å². The van der Waals surface area contributed by atoms with E-state index < -0.39 is 4.92 Å². The maximum absolute atomic E-state index is 11.5. The van der Waals surface area contributed by atoms with Gasteiger partial charge in [-0.25, -0.2) is 4.98 Å². The number of Topliss-reactive ketones (excluding diaryl/α,β-unsaturated/α-hetero) is 1. The smallest absolute Gasteiger partial charge is 0.314 e. The highest BCUT2D eigenvalue weighted by atomic mass is 16.6. The summed E-state index contributed by atoms with van der Waals surface area (Å²) in [5.41, 5.74) is 0.628. The Kier molecular flexibility index (Phi) is 3.74. The molecular weight excluding hydrogens is 260 g/mol. The molecule has 0 aliphatic carbocycles. The van der Waals surface area contributed by atoms with Gasteiger partial charge in [0.1, 0.15) is 0 Å². The number of nitro benzene ring substituents is 1. The van der Waals surface area contributed by atoms with Crippen molar-refractivity contribution in [1.29, 1.82) is 0 Å². The van der Waals surface area contributed by atoms with Gasteiger partial charge in [0.25, 0.3) is 0 Å². The molecule has 6 heteroatoms. The quantitative estimate of drug-likeness (QED) is 0.484. The van der Waals surface area contributed by atoms with Gasteiger partial charge in [0.05, 0.1) is 10.5 Å².